The number of para-hydroxylation sites is 1. The topological polar surface area (TPSA) is 15.3 Å². The van der Waals surface area contributed by atoms with Gasteiger partial charge in [-0.2, -0.15) is 13.2 Å². The fourth-order valence-electron chi connectivity index (χ4n) is 1.90. The van der Waals surface area contributed by atoms with Crippen LogP contribution in [-0.2, 0) is 6.54 Å². The molecule has 0 aromatic heterocycles. The van der Waals surface area contributed by atoms with Crippen molar-refractivity contribution in [2.75, 3.05) is 18.5 Å². The van der Waals surface area contributed by atoms with Crippen LogP contribution in [0.25, 0.3) is 0 Å². The van der Waals surface area contributed by atoms with Crippen LogP contribution in [0.5, 0.6) is 0 Å². The van der Waals surface area contributed by atoms with Gasteiger partial charge in [-0.1, -0.05) is 23.7 Å². The van der Waals surface area contributed by atoms with Crippen LogP contribution in [0, 0.1) is 0 Å². The Kier molecular flexibility index (Phi) is 5.93. The number of anilines is 1. The molecule has 0 saturated heterocycles. The second kappa shape index (κ2) is 6.88. The molecule has 1 aromatic carbocycles. The average Bonchev–Trinajstić information content (AvgIpc) is 2.31. The van der Waals surface area contributed by atoms with E-state index in [0.717, 1.165) is 5.56 Å². The Bertz CT molecular complexity index is 467. The highest BCUT2D eigenvalue weighted by molar-refractivity contribution is 6.33. The van der Waals surface area contributed by atoms with E-state index in [0.29, 0.717) is 17.3 Å². The number of halogens is 4. The summed E-state index contributed by atoms with van der Waals surface area (Å²) in [6.07, 6.45) is -5.03. The van der Waals surface area contributed by atoms with Crippen molar-refractivity contribution in [1.82, 2.24) is 5.32 Å². The molecule has 0 spiro atoms. The Labute approximate surface area is 129 Å². The normalized spacial score (nSPS) is 12.6. The SMILES string of the molecule is CN(CCC(F)(F)F)c1c(Cl)cccc1CNC(C)(C)C. The van der Waals surface area contributed by atoms with Crippen LogP contribution < -0.4 is 10.2 Å². The predicted molar refractivity (Wildman–Crippen MR) is 82.0 cm³/mol. The fourth-order valence-corrected chi connectivity index (χ4v) is 2.24. The van der Waals surface area contributed by atoms with E-state index >= 15 is 0 Å². The average molecular weight is 323 g/mol. The van der Waals surface area contributed by atoms with Crippen molar-refractivity contribution in [3.8, 4) is 0 Å². The van der Waals surface area contributed by atoms with Gasteiger partial charge in [0.2, 0.25) is 0 Å². The molecular formula is C15H22ClF3N2. The quantitative estimate of drug-likeness (QED) is 0.851. The molecule has 21 heavy (non-hydrogen) atoms. The maximum Gasteiger partial charge on any atom is 0.390 e. The minimum atomic E-state index is -4.17. The molecular weight excluding hydrogens is 301 g/mol. The maximum atomic E-state index is 12.4. The largest absolute Gasteiger partial charge is 0.390 e. The van der Waals surface area contributed by atoms with Crippen molar-refractivity contribution in [3.63, 3.8) is 0 Å². The number of rotatable bonds is 5. The van der Waals surface area contributed by atoms with E-state index in [2.05, 4.69) is 5.32 Å². The van der Waals surface area contributed by atoms with Crippen LogP contribution in [0.4, 0.5) is 18.9 Å². The van der Waals surface area contributed by atoms with Crippen molar-refractivity contribution in [2.45, 2.75) is 45.5 Å². The molecule has 1 rings (SSSR count). The molecule has 0 saturated carbocycles. The lowest BCUT2D eigenvalue weighted by Gasteiger charge is -2.27. The van der Waals surface area contributed by atoms with Gasteiger partial charge in [-0.15, -0.1) is 0 Å². The molecule has 0 radical (unpaired) electrons. The summed E-state index contributed by atoms with van der Waals surface area (Å²) in [5.74, 6) is 0. The van der Waals surface area contributed by atoms with Gasteiger partial charge in [-0.25, -0.2) is 0 Å². The molecule has 0 aliphatic heterocycles. The molecule has 0 fully saturated rings. The summed E-state index contributed by atoms with van der Waals surface area (Å²) < 4.78 is 37.1. The number of alkyl halides is 3. The van der Waals surface area contributed by atoms with Crippen LogP contribution in [0.15, 0.2) is 18.2 Å². The molecule has 1 aromatic rings. The molecule has 0 aliphatic rings. The molecule has 0 amide bonds. The first-order chi connectivity index (χ1) is 9.49. The van der Waals surface area contributed by atoms with Gasteiger partial charge in [0.05, 0.1) is 17.1 Å². The molecule has 1 N–H and O–H groups in total. The zero-order valence-electron chi connectivity index (χ0n) is 12.8. The summed E-state index contributed by atoms with van der Waals surface area (Å²) in [6.45, 7) is 6.53. The summed E-state index contributed by atoms with van der Waals surface area (Å²) in [5.41, 5.74) is 1.46. The Morgan fingerprint density at radius 1 is 1.19 bits per heavy atom. The Morgan fingerprint density at radius 2 is 1.81 bits per heavy atom. The molecule has 0 aliphatic carbocycles. The number of hydrogen-bond acceptors (Lipinski definition) is 2. The van der Waals surface area contributed by atoms with Crippen molar-refractivity contribution in [3.05, 3.63) is 28.8 Å². The van der Waals surface area contributed by atoms with Gasteiger partial charge in [-0.05, 0) is 32.4 Å². The van der Waals surface area contributed by atoms with Gasteiger partial charge >= 0.3 is 6.18 Å². The summed E-state index contributed by atoms with van der Waals surface area (Å²) in [4.78, 5) is 1.56. The predicted octanol–water partition coefficient (Wildman–Crippen LogP) is 4.62. The van der Waals surface area contributed by atoms with Crippen LogP contribution >= 0.6 is 11.6 Å². The second-order valence-electron chi connectivity index (χ2n) is 6.14. The zero-order valence-corrected chi connectivity index (χ0v) is 13.6. The summed E-state index contributed by atoms with van der Waals surface area (Å²) in [7, 11) is 1.63. The maximum absolute atomic E-state index is 12.4. The molecule has 0 bridgehead atoms. The Hall–Kier alpha value is -0.940. The van der Waals surface area contributed by atoms with E-state index in [4.69, 9.17) is 11.6 Å². The first kappa shape index (κ1) is 18.1. The van der Waals surface area contributed by atoms with Gasteiger partial charge in [0, 0.05) is 25.7 Å². The van der Waals surface area contributed by atoms with E-state index in [9.17, 15) is 13.2 Å². The lowest BCUT2D eigenvalue weighted by Crippen LogP contribution is -2.35. The lowest BCUT2D eigenvalue weighted by molar-refractivity contribution is -0.132. The molecule has 120 valence electrons. The monoisotopic (exact) mass is 322 g/mol. The standard InChI is InChI=1S/C15H22ClF3N2/c1-14(2,3)20-10-11-6-5-7-12(16)13(11)21(4)9-8-15(17,18)19/h5-7,20H,8-10H2,1-4H3. The minimum Gasteiger partial charge on any atom is -0.373 e. The van der Waals surface area contributed by atoms with Crippen LogP contribution in [0.1, 0.15) is 32.8 Å². The first-order valence-electron chi connectivity index (χ1n) is 6.80. The third kappa shape index (κ3) is 6.57. The van der Waals surface area contributed by atoms with E-state index in [1.54, 1.807) is 18.0 Å². The number of hydrogen-bond donors (Lipinski definition) is 1. The molecule has 0 unspecified atom stereocenters. The van der Waals surface area contributed by atoms with E-state index in [-0.39, 0.29) is 12.1 Å². The van der Waals surface area contributed by atoms with Crippen molar-refractivity contribution in [2.24, 2.45) is 0 Å². The summed E-state index contributed by atoms with van der Waals surface area (Å²) >= 11 is 6.17. The van der Waals surface area contributed by atoms with E-state index < -0.39 is 12.6 Å². The highest BCUT2D eigenvalue weighted by Gasteiger charge is 2.28. The van der Waals surface area contributed by atoms with Gasteiger partial charge < -0.3 is 10.2 Å². The lowest BCUT2D eigenvalue weighted by atomic mass is 10.1. The second-order valence-corrected chi connectivity index (χ2v) is 6.55. The summed E-state index contributed by atoms with van der Waals surface area (Å²) in [5, 5.41) is 3.79. The number of nitrogens with one attached hydrogen (secondary N) is 1. The number of benzene rings is 1. The molecule has 0 heterocycles. The van der Waals surface area contributed by atoms with Gasteiger partial charge in [-0.3, -0.25) is 0 Å². The van der Waals surface area contributed by atoms with Crippen LogP contribution in [-0.4, -0.2) is 25.3 Å². The third-order valence-corrected chi connectivity index (χ3v) is 3.30. The van der Waals surface area contributed by atoms with Gasteiger partial charge in [0.15, 0.2) is 0 Å². The van der Waals surface area contributed by atoms with Crippen LogP contribution in [0.3, 0.4) is 0 Å². The van der Waals surface area contributed by atoms with Gasteiger partial charge in [0.1, 0.15) is 0 Å². The van der Waals surface area contributed by atoms with Crippen LogP contribution in [0.2, 0.25) is 5.02 Å². The molecule has 2 nitrogen and oxygen atoms in total. The van der Waals surface area contributed by atoms with E-state index in [1.165, 1.54) is 0 Å². The van der Waals surface area contributed by atoms with Crippen molar-refractivity contribution >= 4 is 17.3 Å². The van der Waals surface area contributed by atoms with Crippen molar-refractivity contribution < 1.29 is 13.2 Å². The third-order valence-electron chi connectivity index (χ3n) is 2.99. The number of nitrogens with zero attached hydrogens (tertiary/aromatic N) is 1. The highest BCUT2D eigenvalue weighted by Crippen LogP contribution is 2.31. The first-order valence-corrected chi connectivity index (χ1v) is 7.18. The van der Waals surface area contributed by atoms with E-state index in [1.807, 2.05) is 32.9 Å². The summed E-state index contributed by atoms with van der Waals surface area (Å²) in [6, 6.07) is 5.38. The minimum absolute atomic E-state index is 0.0792. The molecule has 6 heteroatoms. The van der Waals surface area contributed by atoms with Gasteiger partial charge in [0.25, 0.3) is 0 Å². The molecule has 0 atom stereocenters. The Morgan fingerprint density at radius 3 is 2.33 bits per heavy atom. The Balaban J connectivity index is 2.89. The van der Waals surface area contributed by atoms with Crippen molar-refractivity contribution in [1.29, 1.82) is 0 Å². The highest BCUT2D eigenvalue weighted by atomic mass is 35.5. The fraction of sp³-hybridized carbons (Fsp3) is 0.600. The zero-order chi connectivity index (χ0) is 16.3. The smallest absolute Gasteiger partial charge is 0.373 e.